The number of benzene rings is 3. The predicted octanol–water partition coefficient (Wildman–Crippen LogP) is 3.88. The Kier molecular flexibility index (Phi) is 6.99. The number of methoxy groups -OCH3 is 2. The predicted molar refractivity (Wildman–Crippen MR) is 119 cm³/mol. The van der Waals surface area contributed by atoms with Gasteiger partial charge in [-0.15, -0.1) is 0 Å². The number of carbonyl (C=O) groups is 1. The number of hydrogen-bond acceptors (Lipinski definition) is 5. The van der Waals surface area contributed by atoms with Crippen LogP contribution in [0, 0.1) is 12.7 Å². The molecule has 168 valence electrons. The van der Waals surface area contributed by atoms with Crippen molar-refractivity contribution >= 4 is 21.6 Å². The Morgan fingerprint density at radius 1 is 1.00 bits per heavy atom. The van der Waals surface area contributed by atoms with Crippen molar-refractivity contribution in [3.63, 3.8) is 0 Å². The van der Waals surface area contributed by atoms with E-state index < -0.39 is 21.7 Å². The van der Waals surface area contributed by atoms with Gasteiger partial charge >= 0.3 is 0 Å². The second-order valence-electron chi connectivity index (χ2n) is 6.96. The SMILES string of the molecule is COc1cc(S(=O)(=O)Nc2ccccc2F)cc(C(=O)NCc2ccc(C)cc2)c1OC. The van der Waals surface area contributed by atoms with Gasteiger partial charge in [0.2, 0.25) is 0 Å². The Balaban J connectivity index is 1.95. The summed E-state index contributed by atoms with van der Waals surface area (Å²) in [6, 6.07) is 15.4. The molecule has 0 aliphatic carbocycles. The van der Waals surface area contributed by atoms with Crippen LogP contribution in [-0.2, 0) is 16.6 Å². The van der Waals surface area contributed by atoms with Gasteiger partial charge in [-0.1, -0.05) is 42.0 Å². The van der Waals surface area contributed by atoms with Crippen LogP contribution < -0.4 is 19.5 Å². The highest BCUT2D eigenvalue weighted by Crippen LogP contribution is 2.35. The fourth-order valence-corrected chi connectivity index (χ4v) is 4.10. The summed E-state index contributed by atoms with van der Waals surface area (Å²) in [6.45, 7) is 2.19. The van der Waals surface area contributed by atoms with E-state index in [1.165, 1.54) is 38.5 Å². The molecule has 0 aromatic heterocycles. The van der Waals surface area contributed by atoms with Crippen LogP contribution in [0.15, 0.2) is 65.6 Å². The van der Waals surface area contributed by atoms with Crippen LogP contribution in [-0.4, -0.2) is 28.5 Å². The summed E-state index contributed by atoms with van der Waals surface area (Å²) in [5, 5.41) is 2.75. The first-order valence-corrected chi connectivity index (χ1v) is 11.1. The van der Waals surface area contributed by atoms with E-state index in [0.717, 1.165) is 23.3 Å². The van der Waals surface area contributed by atoms with Crippen LogP contribution in [0.5, 0.6) is 11.5 Å². The third kappa shape index (κ3) is 5.17. The first kappa shape index (κ1) is 23.1. The summed E-state index contributed by atoms with van der Waals surface area (Å²) in [6.07, 6.45) is 0. The van der Waals surface area contributed by atoms with Crippen molar-refractivity contribution in [1.29, 1.82) is 0 Å². The fourth-order valence-electron chi connectivity index (χ4n) is 2.99. The molecule has 0 bridgehead atoms. The number of rotatable bonds is 8. The zero-order chi connectivity index (χ0) is 23.3. The van der Waals surface area contributed by atoms with Crippen molar-refractivity contribution in [2.45, 2.75) is 18.4 Å². The van der Waals surface area contributed by atoms with Gasteiger partial charge in [0.05, 0.1) is 30.4 Å². The van der Waals surface area contributed by atoms with Crippen LogP contribution in [0.3, 0.4) is 0 Å². The van der Waals surface area contributed by atoms with Gasteiger partial charge in [-0.2, -0.15) is 0 Å². The molecular weight excluding hydrogens is 435 g/mol. The lowest BCUT2D eigenvalue weighted by molar-refractivity contribution is 0.0947. The molecular formula is C23H23FN2O5S. The molecule has 2 N–H and O–H groups in total. The number of aryl methyl sites for hydroxylation is 1. The molecule has 0 atom stereocenters. The van der Waals surface area contributed by atoms with E-state index in [1.54, 1.807) is 0 Å². The minimum atomic E-state index is -4.23. The largest absolute Gasteiger partial charge is 0.493 e. The van der Waals surface area contributed by atoms with Gasteiger partial charge in [0.25, 0.3) is 15.9 Å². The minimum absolute atomic E-state index is 0.0344. The van der Waals surface area contributed by atoms with Gasteiger partial charge in [-0.05, 0) is 30.7 Å². The monoisotopic (exact) mass is 458 g/mol. The normalized spacial score (nSPS) is 11.0. The van der Waals surface area contributed by atoms with Crippen molar-refractivity contribution < 1.29 is 27.1 Å². The molecule has 0 saturated heterocycles. The fraction of sp³-hybridized carbons (Fsp3) is 0.174. The number of amides is 1. The number of ether oxygens (including phenoxy) is 2. The lowest BCUT2D eigenvalue weighted by atomic mass is 10.1. The number of para-hydroxylation sites is 1. The van der Waals surface area contributed by atoms with E-state index in [-0.39, 0.29) is 34.2 Å². The topological polar surface area (TPSA) is 93.7 Å². The molecule has 3 rings (SSSR count). The average molecular weight is 459 g/mol. The second-order valence-corrected chi connectivity index (χ2v) is 8.64. The third-order valence-corrected chi connectivity index (χ3v) is 6.04. The molecule has 9 heteroatoms. The average Bonchev–Trinajstić information content (AvgIpc) is 2.78. The number of halogens is 1. The molecule has 0 heterocycles. The van der Waals surface area contributed by atoms with Gasteiger partial charge < -0.3 is 14.8 Å². The molecule has 0 saturated carbocycles. The Morgan fingerprint density at radius 3 is 2.31 bits per heavy atom. The number of anilines is 1. The van der Waals surface area contributed by atoms with Crippen LogP contribution in [0.2, 0.25) is 0 Å². The number of carbonyl (C=O) groups excluding carboxylic acids is 1. The molecule has 0 unspecified atom stereocenters. The molecule has 32 heavy (non-hydrogen) atoms. The summed E-state index contributed by atoms with van der Waals surface area (Å²) >= 11 is 0. The molecule has 7 nitrogen and oxygen atoms in total. The Labute approximate surface area is 186 Å². The maximum absolute atomic E-state index is 14.0. The lowest BCUT2D eigenvalue weighted by Crippen LogP contribution is -2.24. The number of sulfonamides is 1. The summed E-state index contributed by atoms with van der Waals surface area (Å²) in [7, 11) is -1.55. The highest BCUT2D eigenvalue weighted by molar-refractivity contribution is 7.92. The zero-order valence-electron chi connectivity index (χ0n) is 17.8. The quantitative estimate of drug-likeness (QED) is 0.534. The van der Waals surface area contributed by atoms with E-state index in [0.29, 0.717) is 0 Å². The van der Waals surface area contributed by atoms with Crippen LogP contribution >= 0.6 is 0 Å². The molecule has 1 amide bonds. The van der Waals surface area contributed by atoms with E-state index in [1.807, 2.05) is 31.2 Å². The van der Waals surface area contributed by atoms with E-state index in [2.05, 4.69) is 10.0 Å². The molecule has 0 radical (unpaired) electrons. The number of nitrogens with one attached hydrogen (secondary N) is 2. The van der Waals surface area contributed by atoms with E-state index >= 15 is 0 Å². The van der Waals surface area contributed by atoms with E-state index in [9.17, 15) is 17.6 Å². The maximum atomic E-state index is 14.0. The van der Waals surface area contributed by atoms with Crippen LogP contribution in [0.1, 0.15) is 21.5 Å². The van der Waals surface area contributed by atoms with Crippen LogP contribution in [0.25, 0.3) is 0 Å². The maximum Gasteiger partial charge on any atom is 0.262 e. The first-order chi connectivity index (χ1) is 15.2. The van der Waals surface area contributed by atoms with Crippen molar-refractivity contribution in [3.05, 3.63) is 83.2 Å². The lowest BCUT2D eigenvalue weighted by Gasteiger charge is -2.16. The Hall–Kier alpha value is -3.59. The summed E-state index contributed by atoms with van der Waals surface area (Å²) in [5.74, 6) is -1.15. The van der Waals surface area contributed by atoms with Crippen molar-refractivity contribution in [3.8, 4) is 11.5 Å². The highest BCUT2D eigenvalue weighted by atomic mass is 32.2. The van der Waals surface area contributed by atoms with Gasteiger partial charge in [0.1, 0.15) is 5.82 Å². The molecule has 0 fully saturated rings. The number of hydrogen-bond donors (Lipinski definition) is 2. The smallest absolute Gasteiger partial charge is 0.262 e. The molecule has 0 aliphatic heterocycles. The van der Waals surface area contributed by atoms with Crippen molar-refractivity contribution in [1.82, 2.24) is 5.32 Å². The van der Waals surface area contributed by atoms with E-state index in [4.69, 9.17) is 9.47 Å². The van der Waals surface area contributed by atoms with Crippen molar-refractivity contribution in [2.75, 3.05) is 18.9 Å². The standard InChI is InChI=1S/C23H23FN2O5S/c1-15-8-10-16(11-9-15)14-25-23(27)18-12-17(13-21(30-2)22(18)31-3)32(28,29)26-20-7-5-4-6-19(20)24/h4-13,26H,14H2,1-3H3,(H,25,27). The first-order valence-electron chi connectivity index (χ1n) is 9.62. The van der Waals surface area contributed by atoms with Gasteiger partial charge in [-0.3, -0.25) is 9.52 Å². The Bertz CT molecular complexity index is 1230. The molecule has 3 aromatic carbocycles. The molecule has 0 spiro atoms. The van der Waals surface area contributed by atoms with Gasteiger partial charge in [0.15, 0.2) is 11.5 Å². The zero-order valence-corrected chi connectivity index (χ0v) is 18.6. The third-order valence-electron chi connectivity index (χ3n) is 4.70. The summed E-state index contributed by atoms with van der Waals surface area (Å²) < 4.78 is 52.5. The summed E-state index contributed by atoms with van der Waals surface area (Å²) in [4.78, 5) is 12.6. The van der Waals surface area contributed by atoms with Crippen LogP contribution in [0.4, 0.5) is 10.1 Å². The second kappa shape index (κ2) is 9.69. The minimum Gasteiger partial charge on any atom is -0.493 e. The Morgan fingerprint density at radius 2 is 1.69 bits per heavy atom. The van der Waals surface area contributed by atoms with Gasteiger partial charge in [0, 0.05) is 12.6 Å². The highest BCUT2D eigenvalue weighted by Gasteiger charge is 2.24. The van der Waals surface area contributed by atoms with Gasteiger partial charge in [-0.25, -0.2) is 12.8 Å². The van der Waals surface area contributed by atoms with Crippen molar-refractivity contribution in [2.24, 2.45) is 0 Å². The molecule has 3 aromatic rings. The molecule has 0 aliphatic rings. The summed E-state index contributed by atoms with van der Waals surface area (Å²) in [5.41, 5.74) is 1.71.